The third kappa shape index (κ3) is 19.8. The summed E-state index contributed by atoms with van der Waals surface area (Å²) in [6.07, 6.45) is 13.1. The van der Waals surface area contributed by atoms with Crippen LogP contribution in [0.2, 0.25) is 0 Å². The maximum absolute atomic E-state index is 13.1. The van der Waals surface area contributed by atoms with E-state index in [-0.39, 0.29) is 31.3 Å². The molecule has 0 aliphatic carbocycles. The molecule has 0 bridgehead atoms. The lowest BCUT2D eigenvalue weighted by Gasteiger charge is -2.30. The number of aryl methyl sites for hydroxylation is 1. The van der Waals surface area contributed by atoms with E-state index in [1.165, 1.54) is 6.92 Å². The summed E-state index contributed by atoms with van der Waals surface area (Å²) in [5, 5.41) is 27.7. The number of aromatic amines is 1. The molecular formula is C53H31N7O5. The molecule has 0 saturated carbocycles. The zero-order valence-corrected chi connectivity index (χ0v) is 34.6. The summed E-state index contributed by atoms with van der Waals surface area (Å²) >= 11 is 0. The number of terminal acetylenes is 2. The summed E-state index contributed by atoms with van der Waals surface area (Å²) in [5.41, 5.74) is 3.88. The Labute approximate surface area is 378 Å². The van der Waals surface area contributed by atoms with Crippen molar-refractivity contribution >= 4 is 29.4 Å². The molecule has 308 valence electrons. The fraction of sp³-hybridized carbons (Fsp3) is 0.208. The van der Waals surface area contributed by atoms with Gasteiger partial charge in [-0.25, -0.2) is 0 Å². The van der Waals surface area contributed by atoms with Crippen molar-refractivity contribution in [2.75, 3.05) is 11.4 Å². The Morgan fingerprint density at radius 2 is 1.23 bits per heavy atom. The van der Waals surface area contributed by atoms with Crippen molar-refractivity contribution in [3.63, 3.8) is 0 Å². The van der Waals surface area contributed by atoms with Gasteiger partial charge in [-0.3, -0.25) is 19.2 Å². The van der Waals surface area contributed by atoms with E-state index in [0.29, 0.717) is 25.1 Å². The number of carbonyl (C=O) groups is 4. The lowest BCUT2D eigenvalue weighted by Crippen LogP contribution is -2.54. The highest BCUT2D eigenvalue weighted by atomic mass is 16.4. The highest BCUT2D eigenvalue weighted by Crippen LogP contribution is 2.38. The summed E-state index contributed by atoms with van der Waals surface area (Å²) < 4.78 is 0. The van der Waals surface area contributed by atoms with E-state index in [1.807, 2.05) is 23.1 Å². The number of amides is 3. The Hall–Kier alpha value is -10.6. The Morgan fingerprint density at radius 3 is 1.66 bits per heavy atom. The second-order valence-electron chi connectivity index (χ2n) is 12.4. The number of nitrogens with zero attached hydrogens (tertiary/aromatic N) is 3. The molecule has 1 aromatic carbocycles. The topological polar surface area (TPSA) is 169 Å². The summed E-state index contributed by atoms with van der Waals surface area (Å²) in [4.78, 5) is 50.7. The van der Waals surface area contributed by atoms with Gasteiger partial charge in [0, 0.05) is 109 Å². The molecule has 2 aliphatic heterocycles. The van der Waals surface area contributed by atoms with Crippen LogP contribution in [0.1, 0.15) is 43.0 Å². The third-order valence-electron chi connectivity index (χ3n) is 8.06. The van der Waals surface area contributed by atoms with Crippen molar-refractivity contribution in [1.29, 1.82) is 0 Å². The molecule has 3 heterocycles. The second-order valence-corrected chi connectivity index (χ2v) is 12.4. The highest BCUT2D eigenvalue weighted by molar-refractivity contribution is 5.90. The molecule has 0 unspecified atom stereocenters. The summed E-state index contributed by atoms with van der Waals surface area (Å²) in [6.45, 7) is 1.96. The van der Waals surface area contributed by atoms with Crippen molar-refractivity contribution in [1.82, 2.24) is 31.4 Å². The number of aromatic nitrogens is 3. The molecular weight excluding hydrogens is 815 g/mol. The number of benzene rings is 1. The van der Waals surface area contributed by atoms with Gasteiger partial charge < -0.3 is 26.0 Å². The minimum atomic E-state index is -1.04. The van der Waals surface area contributed by atoms with Crippen LogP contribution in [0.4, 0.5) is 5.69 Å². The summed E-state index contributed by atoms with van der Waals surface area (Å²) in [7, 11) is 0. The molecule has 4 rings (SSSR count). The molecule has 0 spiro atoms. The maximum Gasteiger partial charge on any atom is 0.303 e. The molecule has 3 atom stereocenters. The third-order valence-corrected chi connectivity index (χ3v) is 8.06. The number of aliphatic carboxylic acids is 1. The minimum Gasteiger partial charge on any atom is -0.481 e. The molecule has 2 aliphatic rings. The van der Waals surface area contributed by atoms with Gasteiger partial charge in [-0.15, -0.1) is 12.8 Å². The van der Waals surface area contributed by atoms with E-state index in [2.05, 4.69) is 197 Å². The fourth-order valence-corrected chi connectivity index (χ4v) is 5.60. The normalized spacial score (nSPS) is 12.1. The van der Waals surface area contributed by atoms with Crippen molar-refractivity contribution in [3.8, 4) is 179 Å². The van der Waals surface area contributed by atoms with Gasteiger partial charge in [0.2, 0.25) is 17.7 Å². The van der Waals surface area contributed by atoms with Crippen LogP contribution in [0.3, 0.4) is 0 Å². The Kier molecular flexibility index (Phi) is 22.2. The lowest BCUT2D eigenvalue weighted by molar-refractivity contribution is -0.138. The predicted molar refractivity (Wildman–Crippen MR) is 243 cm³/mol. The van der Waals surface area contributed by atoms with Crippen LogP contribution in [0.15, 0.2) is 24.4 Å². The van der Waals surface area contributed by atoms with Crippen molar-refractivity contribution in [3.05, 3.63) is 41.2 Å². The number of hydrogen-bond acceptors (Lipinski definition) is 7. The summed E-state index contributed by atoms with van der Waals surface area (Å²) in [5.74, 6) is 66.2. The van der Waals surface area contributed by atoms with Crippen LogP contribution in [-0.4, -0.2) is 68.9 Å². The lowest BCUT2D eigenvalue weighted by atomic mass is 10.0. The van der Waals surface area contributed by atoms with Gasteiger partial charge in [0.1, 0.15) is 17.8 Å². The SMILES string of the molecule is C#CC#CC#CC#CC#CC#CC#CC#CC#CC#CC#CC#CC#CC#CC#C.CC(=O)N[C@@H](CCC(=O)O)C(=O)N[C@H]1CCc2cccc3c2N(C1)[C@H](C(=O)NCc1cn[nH]n1)C3. The number of nitrogens with one attached hydrogen (secondary N) is 4. The van der Waals surface area contributed by atoms with Crippen molar-refractivity contribution in [2.45, 2.75) is 63.7 Å². The molecule has 0 saturated heterocycles. The van der Waals surface area contributed by atoms with Crippen LogP contribution in [0.25, 0.3) is 0 Å². The predicted octanol–water partition coefficient (Wildman–Crippen LogP) is -0.0503. The number of H-pyrrole nitrogens is 1. The highest BCUT2D eigenvalue weighted by Gasteiger charge is 2.39. The van der Waals surface area contributed by atoms with Crippen molar-refractivity contribution < 1.29 is 24.3 Å². The Balaban J connectivity index is 0.000000351. The number of carboxylic acids is 1. The van der Waals surface area contributed by atoms with Gasteiger partial charge in [-0.05, 0) is 125 Å². The Morgan fingerprint density at radius 1 is 0.754 bits per heavy atom. The van der Waals surface area contributed by atoms with E-state index in [4.69, 9.17) is 18.0 Å². The van der Waals surface area contributed by atoms with Crippen LogP contribution < -0.4 is 20.9 Å². The summed E-state index contributed by atoms with van der Waals surface area (Å²) in [6, 6.07) is 4.39. The van der Waals surface area contributed by atoms with Gasteiger partial charge in [0.15, 0.2) is 0 Å². The van der Waals surface area contributed by atoms with Crippen LogP contribution in [-0.2, 0) is 38.6 Å². The molecule has 12 heteroatoms. The minimum absolute atomic E-state index is 0.00532. The van der Waals surface area contributed by atoms with E-state index >= 15 is 0 Å². The number of carboxylic acid groups (broad SMARTS) is 1. The zero-order chi connectivity index (χ0) is 46.7. The number of rotatable bonds is 9. The first-order chi connectivity index (χ1) is 31.7. The van der Waals surface area contributed by atoms with Gasteiger partial charge in [-0.2, -0.15) is 15.4 Å². The molecule has 0 radical (unpaired) electrons. The molecule has 12 nitrogen and oxygen atoms in total. The first-order valence-corrected chi connectivity index (χ1v) is 18.9. The number of para-hydroxylation sites is 1. The average Bonchev–Trinajstić information content (AvgIpc) is 3.91. The second kappa shape index (κ2) is 29.6. The standard InChI is InChI=1S/C30H2.C23H29N7O5/c1-3-5-7-9-11-13-15-17-19-21-23-25-27-29-30-28-26-24-22-20-18-16-14-12-10-8-6-4-2;1-13(31)26-18(7-8-20(32)33)22(34)27-16-6-5-14-3-2-4-15-9-19(30(12-16)21(14)15)23(35)24-10-17-11-25-29-28-17/h1-2H;2-4,11,16,18-19H,5-10,12H2,1H3,(H,24,35)(H,26,31)(H,27,34)(H,32,33)(H,25,28,29)/t;16-,18-,19-/m.0/s1. The van der Waals surface area contributed by atoms with E-state index in [9.17, 15) is 19.2 Å². The van der Waals surface area contributed by atoms with Crippen LogP contribution in [0.5, 0.6) is 0 Å². The molecule has 65 heavy (non-hydrogen) atoms. The zero-order valence-electron chi connectivity index (χ0n) is 34.6. The molecule has 2 aromatic rings. The first-order valence-electron chi connectivity index (χ1n) is 18.9. The van der Waals surface area contributed by atoms with Gasteiger partial charge >= 0.3 is 5.97 Å². The van der Waals surface area contributed by atoms with Gasteiger partial charge in [-0.1, -0.05) is 18.2 Å². The number of carbonyl (C=O) groups excluding carboxylic acids is 3. The van der Waals surface area contributed by atoms with E-state index in [1.54, 1.807) is 6.20 Å². The number of hydrogen-bond donors (Lipinski definition) is 5. The van der Waals surface area contributed by atoms with E-state index < -0.39 is 29.9 Å². The van der Waals surface area contributed by atoms with Crippen molar-refractivity contribution in [2.24, 2.45) is 0 Å². The van der Waals surface area contributed by atoms with Gasteiger partial charge in [0.05, 0.1) is 12.7 Å². The fourth-order valence-electron chi connectivity index (χ4n) is 5.60. The molecule has 3 amide bonds. The average molecular weight is 846 g/mol. The molecule has 0 fully saturated rings. The first kappa shape index (κ1) is 48.8. The quantitative estimate of drug-likeness (QED) is 0.219. The van der Waals surface area contributed by atoms with Gasteiger partial charge in [0.25, 0.3) is 0 Å². The monoisotopic (exact) mass is 845 g/mol. The molecule has 1 aromatic heterocycles. The maximum atomic E-state index is 13.1. The largest absolute Gasteiger partial charge is 0.481 e. The van der Waals surface area contributed by atoms with Crippen LogP contribution in [0, 0.1) is 179 Å². The molecule has 5 N–H and O–H groups in total. The van der Waals surface area contributed by atoms with Crippen LogP contribution >= 0.6 is 0 Å². The smallest absolute Gasteiger partial charge is 0.303 e. The number of anilines is 1. The Bertz CT molecular complexity index is 3010. The van der Waals surface area contributed by atoms with E-state index in [0.717, 1.165) is 23.2 Å².